The summed E-state index contributed by atoms with van der Waals surface area (Å²) in [6.45, 7) is 2.30. The molecule has 2 aromatic rings. The van der Waals surface area contributed by atoms with Crippen LogP contribution in [0.3, 0.4) is 0 Å². The number of benzene rings is 2. The van der Waals surface area contributed by atoms with Gasteiger partial charge in [0.2, 0.25) is 0 Å². The zero-order valence-corrected chi connectivity index (χ0v) is 11.2. The van der Waals surface area contributed by atoms with E-state index in [1.165, 1.54) is 11.1 Å². The van der Waals surface area contributed by atoms with Gasteiger partial charge in [-0.25, -0.2) is 0 Å². The van der Waals surface area contributed by atoms with Crippen molar-refractivity contribution in [2.45, 2.75) is 12.6 Å². The zero-order valence-electron chi connectivity index (χ0n) is 11.2. The Morgan fingerprint density at radius 2 is 1.75 bits per heavy atom. The number of para-hydroxylation sites is 1. The van der Waals surface area contributed by atoms with Gasteiger partial charge in [0.05, 0.1) is 19.3 Å². The van der Waals surface area contributed by atoms with Gasteiger partial charge in [-0.15, -0.1) is 0 Å². The first-order valence-electron chi connectivity index (χ1n) is 7.07. The number of ether oxygens (including phenoxy) is 1. The Morgan fingerprint density at radius 3 is 2.65 bits per heavy atom. The third-order valence-corrected chi connectivity index (χ3v) is 4.08. The number of nitrogens with zero attached hydrogens (tertiary/aromatic N) is 1. The Labute approximate surface area is 118 Å². The van der Waals surface area contributed by atoms with Crippen LogP contribution in [0, 0.1) is 5.92 Å². The van der Waals surface area contributed by atoms with Crippen LogP contribution in [0.2, 0.25) is 0 Å². The summed E-state index contributed by atoms with van der Waals surface area (Å²) in [6.07, 6.45) is 0. The third-order valence-electron chi connectivity index (χ3n) is 4.08. The summed E-state index contributed by atoms with van der Waals surface area (Å²) in [4.78, 5) is 5.91. The molecule has 2 aliphatic rings. The maximum atomic E-state index is 5.91. The molecule has 102 valence electrons. The van der Waals surface area contributed by atoms with Crippen molar-refractivity contribution in [3.05, 3.63) is 65.7 Å². The van der Waals surface area contributed by atoms with Crippen LogP contribution >= 0.6 is 0 Å². The molecule has 1 fully saturated rings. The quantitative estimate of drug-likeness (QED) is 0.834. The molecule has 3 nitrogen and oxygen atoms in total. The Morgan fingerprint density at radius 1 is 0.950 bits per heavy atom. The second-order valence-electron chi connectivity index (χ2n) is 5.41. The molecule has 0 saturated carbocycles. The van der Waals surface area contributed by atoms with Gasteiger partial charge in [-0.1, -0.05) is 48.5 Å². The van der Waals surface area contributed by atoms with Crippen molar-refractivity contribution >= 4 is 0 Å². The molecule has 2 heterocycles. The second-order valence-corrected chi connectivity index (χ2v) is 5.41. The fourth-order valence-electron chi connectivity index (χ4n) is 3.11. The lowest BCUT2D eigenvalue weighted by Crippen LogP contribution is -2.30. The molecule has 4 rings (SSSR count). The zero-order chi connectivity index (χ0) is 13.4. The Bertz CT molecular complexity index is 599. The van der Waals surface area contributed by atoms with Gasteiger partial charge in [0, 0.05) is 18.0 Å². The first-order chi connectivity index (χ1) is 9.92. The van der Waals surface area contributed by atoms with Gasteiger partial charge >= 0.3 is 0 Å². The van der Waals surface area contributed by atoms with E-state index < -0.39 is 0 Å². The Hall–Kier alpha value is -1.84. The van der Waals surface area contributed by atoms with E-state index in [0.717, 1.165) is 25.5 Å². The summed E-state index contributed by atoms with van der Waals surface area (Å²) in [5.41, 5.74) is 2.52. The minimum absolute atomic E-state index is 0.306. The van der Waals surface area contributed by atoms with Gasteiger partial charge in [-0.2, -0.15) is 5.06 Å². The van der Waals surface area contributed by atoms with E-state index in [4.69, 9.17) is 9.57 Å². The van der Waals surface area contributed by atoms with Gasteiger partial charge in [0.15, 0.2) is 0 Å². The summed E-state index contributed by atoms with van der Waals surface area (Å²) in [5, 5.41) is 2.11. The largest absolute Gasteiger partial charge is 0.493 e. The highest BCUT2D eigenvalue weighted by Crippen LogP contribution is 2.43. The molecule has 2 unspecified atom stereocenters. The lowest BCUT2D eigenvalue weighted by Gasteiger charge is -2.31. The molecule has 3 heteroatoms. The highest BCUT2D eigenvalue weighted by molar-refractivity contribution is 5.38. The van der Waals surface area contributed by atoms with Crippen LogP contribution in [0.15, 0.2) is 54.6 Å². The molecule has 1 saturated heterocycles. The van der Waals surface area contributed by atoms with E-state index in [-0.39, 0.29) is 0 Å². The predicted molar refractivity (Wildman–Crippen MR) is 76.1 cm³/mol. The van der Waals surface area contributed by atoms with Crippen molar-refractivity contribution in [3.8, 4) is 5.75 Å². The average molecular weight is 267 g/mol. The molecule has 2 atom stereocenters. The minimum Gasteiger partial charge on any atom is -0.493 e. The standard InChI is InChI=1S/C17H17NO2/c1-2-6-13(7-3-1)10-18-17-14(12-20-18)11-19-16-9-5-4-8-15(16)17/h1-9,14,17H,10-12H2. The first kappa shape index (κ1) is 11.9. The molecular formula is C17H17NO2. The summed E-state index contributed by atoms with van der Waals surface area (Å²) >= 11 is 0. The van der Waals surface area contributed by atoms with Gasteiger partial charge in [-0.3, -0.25) is 4.84 Å². The van der Waals surface area contributed by atoms with E-state index >= 15 is 0 Å². The van der Waals surface area contributed by atoms with Crippen LogP contribution in [-0.4, -0.2) is 18.3 Å². The SMILES string of the molecule is c1ccc(CN2OCC3COc4ccccc4C32)cc1. The summed E-state index contributed by atoms with van der Waals surface area (Å²) in [6, 6.07) is 19.1. The van der Waals surface area contributed by atoms with Crippen molar-refractivity contribution in [1.82, 2.24) is 5.06 Å². The summed E-state index contributed by atoms with van der Waals surface area (Å²) in [5.74, 6) is 1.42. The number of hydrogen-bond acceptors (Lipinski definition) is 3. The van der Waals surface area contributed by atoms with Crippen molar-refractivity contribution < 1.29 is 9.57 Å². The lowest BCUT2D eigenvalue weighted by molar-refractivity contribution is -0.141. The van der Waals surface area contributed by atoms with E-state index in [1.807, 2.05) is 18.2 Å². The van der Waals surface area contributed by atoms with Crippen LogP contribution in [0.1, 0.15) is 17.2 Å². The fraction of sp³-hybridized carbons (Fsp3) is 0.294. The monoisotopic (exact) mass is 267 g/mol. The van der Waals surface area contributed by atoms with E-state index in [0.29, 0.717) is 12.0 Å². The summed E-state index contributed by atoms with van der Waals surface area (Å²) in [7, 11) is 0. The molecule has 2 aromatic carbocycles. The smallest absolute Gasteiger partial charge is 0.124 e. The van der Waals surface area contributed by atoms with E-state index in [2.05, 4.69) is 41.5 Å². The molecule has 0 aliphatic carbocycles. The van der Waals surface area contributed by atoms with Crippen molar-refractivity contribution in [3.63, 3.8) is 0 Å². The summed E-state index contributed by atoms with van der Waals surface area (Å²) < 4.78 is 5.83. The topological polar surface area (TPSA) is 21.7 Å². The van der Waals surface area contributed by atoms with Crippen molar-refractivity contribution in [2.75, 3.05) is 13.2 Å². The van der Waals surface area contributed by atoms with Gasteiger partial charge in [-0.05, 0) is 11.6 Å². The number of fused-ring (bicyclic) bond motifs is 3. The normalized spacial score (nSPS) is 24.8. The average Bonchev–Trinajstić information content (AvgIpc) is 2.92. The molecular weight excluding hydrogens is 250 g/mol. The van der Waals surface area contributed by atoms with Gasteiger partial charge in [0.25, 0.3) is 0 Å². The molecule has 0 radical (unpaired) electrons. The van der Waals surface area contributed by atoms with Crippen LogP contribution in [-0.2, 0) is 11.4 Å². The lowest BCUT2D eigenvalue weighted by atomic mass is 9.92. The van der Waals surface area contributed by atoms with Crippen LogP contribution in [0.4, 0.5) is 0 Å². The third kappa shape index (κ3) is 1.99. The molecule has 0 spiro atoms. The van der Waals surface area contributed by atoms with Crippen LogP contribution < -0.4 is 4.74 Å². The molecule has 0 amide bonds. The number of hydroxylamine groups is 2. The highest BCUT2D eigenvalue weighted by Gasteiger charge is 2.41. The highest BCUT2D eigenvalue weighted by atomic mass is 16.7. The maximum Gasteiger partial charge on any atom is 0.124 e. The first-order valence-corrected chi connectivity index (χ1v) is 7.07. The molecule has 0 bridgehead atoms. The maximum absolute atomic E-state index is 5.91. The van der Waals surface area contributed by atoms with Crippen LogP contribution in [0.25, 0.3) is 0 Å². The number of hydrogen-bond donors (Lipinski definition) is 0. The fourth-order valence-corrected chi connectivity index (χ4v) is 3.11. The van der Waals surface area contributed by atoms with Crippen molar-refractivity contribution in [1.29, 1.82) is 0 Å². The Balaban J connectivity index is 1.64. The number of rotatable bonds is 2. The van der Waals surface area contributed by atoms with Gasteiger partial charge in [0.1, 0.15) is 5.75 Å². The minimum atomic E-state index is 0.306. The van der Waals surface area contributed by atoms with Gasteiger partial charge < -0.3 is 4.74 Å². The van der Waals surface area contributed by atoms with Crippen LogP contribution in [0.5, 0.6) is 5.75 Å². The predicted octanol–water partition coefficient (Wildman–Crippen LogP) is 3.18. The molecule has 20 heavy (non-hydrogen) atoms. The molecule has 2 aliphatic heterocycles. The molecule has 0 N–H and O–H groups in total. The van der Waals surface area contributed by atoms with E-state index in [1.54, 1.807) is 0 Å². The second kappa shape index (κ2) is 4.93. The Kier molecular flexibility index (Phi) is 2.94. The van der Waals surface area contributed by atoms with Crippen molar-refractivity contribution in [2.24, 2.45) is 5.92 Å². The van der Waals surface area contributed by atoms with E-state index in [9.17, 15) is 0 Å². The molecule has 0 aromatic heterocycles.